The summed E-state index contributed by atoms with van der Waals surface area (Å²) in [6.45, 7) is 2.76. The van der Waals surface area contributed by atoms with Crippen LogP contribution in [0.1, 0.15) is 46.0 Å². The number of amides is 3. The minimum atomic E-state index is -3.49. The zero-order chi connectivity index (χ0) is 22.7. The molecule has 1 aliphatic carbocycles. The lowest BCUT2D eigenvalue weighted by molar-refractivity contribution is -0.130. The van der Waals surface area contributed by atoms with Crippen LogP contribution < -0.4 is 21.7 Å². The van der Waals surface area contributed by atoms with Gasteiger partial charge in [0.1, 0.15) is 6.04 Å². The second kappa shape index (κ2) is 13.0. The van der Waals surface area contributed by atoms with Crippen LogP contribution >= 0.6 is 7.37 Å². The van der Waals surface area contributed by atoms with Crippen molar-refractivity contribution < 1.29 is 28.9 Å². The predicted molar refractivity (Wildman–Crippen MR) is 114 cm³/mol. The minimum absolute atomic E-state index is 0.183. The van der Waals surface area contributed by atoms with Crippen LogP contribution in [-0.2, 0) is 18.9 Å². The van der Waals surface area contributed by atoms with E-state index < -0.39 is 37.2 Å². The first-order valence-electron chi connectivity index (χ1n) is 10.6. The standard InChI is InChI=1S/C19H37N4O6P/c1-13(2)18(23-17(26)10-21-16(25)8-20)19(27)22-9-15(24)12-30(28,29)11-14-6-4-3-5-7-14/h13-15,18,24H,3-12,20H2,1-2H3,(H,21,25)(H,22,27)(H,23,26)(H,28,29)/t15-,18-/m0/s1. The van der Waals surface area contributed by atoms with Gasteiger partial charge in [-0.3, -0.25) is 18.9 Å². The molecule has 0 spiro atoms. The molecule has 0 aromatic rings. The summed E-state index contributed by atoms with van der Waals surface area (Å²) >= 11 is 0. The van der Waals surface area contributed by atoms with Crippen molar-refractivity contribution in [3.05, 3.63) is 0 Å². The molecule has 1 aliphatic rings. The maximum atomic E-state index is 12.5. The second-order valence-corrected chi connectivity index (χ2v) is 10.8. The first kappa shape index (κ1) is 26.6. The maximum Gasteiger partial charge on any atom is 0.242 e. The molecule has 0 aromatic carbocycles. The van der Waals surface area contributed by atoms with Crippen LogP contribution in [0.3, 0.4) is 0 Å². The normalized spacial score (nSPS) is 18.9. The molecule has 0 bridgehead atoms. The topological polar surface area (TPSA) is 171 Å². The van der Waals surface area contributed by atoms with Crippen molar-refractivity contribution >= 4 is 25.1 Å². The highest BCUT2D eigenvalue weighted by atomic mass is 31.2. The van der Waals surface area contributed by atoms with Gasteiger partial charge in [-0.05, 0) is 24.7 Å². The van der Waals surface area contributed by atoms with Gasteiger partial charge in [0.25, 0.3) is 0 Å². The Kier molecular flexibility index (Phi) is 11.5. The summed E-state index contributed by atoms with van der Waals surface area (Å²) in [7, 11) is -3.49. The third-order valence-electron chi connectivity index (χ3n) is 5.17. The molecule has 30 heavy (non-hydrogen) atoms. The zero-order valence-corrected chi connectivity index (χ0v) is 18.8. The van der Waals surface area contributed by atoms with E-state index in [1.165, 1.54) is 0 Å². The molecule has 1 rings (SSSR count). The van der Waals surface area contributed by atoms with Crippen LogP contribution in [0, 0.1) is 11.8 Å². The lowest BCUT2D eigenvalue weighted by Crippen LogP contribution is -2.53. The smallest absolute Gasteiger partial charge is 0.242 e. The third-order valence-corrected chi connectivity index (χ3v) is 7.25. The van der Waals surface area contributed by atoms with Crippen molar-refractivity contribution in [2.45, 2.75) is 58.1 Å². The molecule has 11 heteroatoms. The van der Waals surface area contributed by atoms with Crippen LogP contribution in [0.4, 0.5) is 0 Å². The van der Waals surface area contributed by atoms with Crippen molar-refractivity contribution in [2.24, 2.45) is 17.6 Å². The maximum absolute atomic E-state index is 12.5. The zero-order valence-electron chi connectivity index (χ0n) is 17.9. The fraction of sp³-hybridized carbons (Fsp3) is 0.842. The summed E-state index contributed by atoms with van der Waals surface area (Å²) in [6, 6.07) is -0.873. The third kappa shape index (κ3) is 10.5. The van der Waals surface area contributed by atoms with Crippen molar-refractivity contribution in [2.75, 3.05) is 32.0 Å². The van der Waals surface area contributed by atoms with Crippen LogP contribution in [-0.4, -0.2) is 71.8 Å². The molecule has 1 saturated carbocycles. The average Bonchev–Trinajstić information content (AvgIpc) is 2.68. The second-order valence-electron chi connectivity index (χ2n) is 8.38. The van der Waals surface area contributed by atoms with E-state index in [9.17, 15) is 28.9 Å². The molecule has 174 valence electrons. The van der Waals surface area contributed by atoms with Gasteiger partial charge in [0, 0.05) is 12.7 Å². The van der Waals surface area contributed by atoms with Crippen molar-refractivity contribution in [3.63, 3.8) is 0 Å². The molecular weight excluding hydrogens is 411 g/mol. The van der Waals surface area contributed by atoms with Crippen LogP contribution in [0.2, 0.25) is 0 Å². The molecule has 7 N–H and O–H groups in total. The van der Waals surface area contributed by atoms with E-state index in [0.29, 0.717) is 0 Å². The number of nitrogens with one attached hydrogen (secondary N) is 3. The van der Waals surface area contributed by atoms with E-state index >= 15 is 0 Å². The van der Waals surface area contributed by atoms with Gasteiger partial charge in [0.15, 0.2) is 0 Å². The highest BCUT2D eigenvalue weighted by molar-refractivity contribution is 7.58. The molecule has 0 aliphatic heterocycles. The minimum Gasteiger partial charge on any atom is -0.391 e. The molecular formula is C19H37N4O6P. The number of carbonyl (C=O) groups excluding carboxylic acids is 3. The fourth-order valence-corrected chi connectivity index (χ4v) is 5.69. The van der Waals surface area contributed by atoms with Crippen molar-refractivity contribution in [3.8, 4) is 0 Å². The predicted octanol–water partition coefficient (Wildman–Crippen LogP) is -0.470. The number of nitrogens with two attached hydrogens (primary N) is 1. The lowest BCUT2D eigenvalue weighted by atomic mass is 9.91. The molecule has 0 aromatic heterocycles. The first-order valence-corrected chi connectivity index (χ1v) is 12.6. The van der Waals surface area contributed by atoms with Crippen LogP contribution in [0.25, 0.3) is 0 Å². The quantitative estimate of drug-likeness (QED) is 0.219. The summed E-state index contributed by atoms with van der Waals surface area (Å²) in [5, 5.41) is 17.5. The molecule has 1 unspecified atom stereocenters. The lowest BCUT2D eigenvalue weighted by Gasteiger charge is -2.26. The Balaban J connectivity index is 2.46. The number of hydrogen-bond donors (Lipinski definition) is 6. The Hall–Kier alpha value is -1.48. The van der Waals surface area contributed by atoms with Gasteiger partial charge in [-0.1, -0.05) is 33.1 Å². The monoisotopic (exact) mass is 448 g/mol. The Morgan fingerprint density at radius 2 is 1.73 bits per heavy atom. The van der Waals surface area contributed by atoms with Gasteiger partial charge in [-0.2, -0.15) is 0 Å². The van der Waals surface area contributed by atoms with Gasteiger partial charge < -0.3 is 31.7 Å². The number of carbonyl (C=O) groups is 3. The fourth-order valence-electron chi connectivity index (χ4n) is 3.58. The Bertz CT molecular complexity index is 624. The molecule has 3 atom stereocenters. The van der Waals surface area contributed by atoms with Crippen LogP contribution in [0.5, 0.6) is 0 Å². The SMILES string of the molecule is CC(C)[C@H](NC(=O)CNC(=O)CN)C(=O)NC[C@H](O)CP(=O)(O)CC1CCCCC1. The summed E-state index contributed by atoms with van der Waals surface area (Å²) in [4.78, 5) is 45.7. The molecule has 1 fully saturated rings. The number of aliphatic hydroxyl groups excluding tert-OH is 1. The van der Waals surface area contributed by atoms with Crippen LogP contribution in [0.15, 0.2) is 0 Å². The van der Waals surface area contributed by atoms with E-state index in [4.69, 9.17) is 5.73 Å². The van der Waals surface area contributed by atoms with Crippen molar-refractivity contribution in [1.82, 2.24) is 16.0 Å². The van der Waals surface area contributed by atoms with E-state index in [2.05, 4.69) is 16.0 Å². The number of hydrogen-bond acceptors (Lipinski definition) is 6. The number of aliphatic hydroxyl groups is 1. The highest BCUT2D eigenvalue weighted by Gasteiger charge is 2.29. The molecule has 3 amide bonds. The molecule has 10 nitrogen and oxygen atoms in total. The first-order chi connectivity index (χ1) is 14.0. The van der Waals surface area contributed by atoms with Gasteiger partial charge in [0.2, 0.25) is 25.1 Å². The molecule has 0 heterocycles. The largest absolute Gasteiger partial charge is 0.391 e. The Morgan fingerprint density at radius 1 is 1.10 bits per heavy atom. The highest BCUT2D eigenvalue weighted by Crippen LogP contribution is 2.45. The molecule has 0 radical (unpaired) electrons. The van der Waals surface area contributed by atoms with Gasteiger partial charge in [-0.25, -0.2) is 0 Å². The van der Waals surface area contributed by atoms with Crippen molar-refractivity contribution in [1.29, 1.82) is 0 Å². The molecule has 0 saturated heterocycles. The number of rotatable bonds is 12. The summed E-state index contributed by atoms with van der Waals surface area (Å²) in [5.41, 5.74) is 5.15. The van der Waals surface area contributed by atoms with Gasteiger partial charge in [0.05, 0.1) is 25.4 Å². The van der Waals surface area contributed by atoms with E-state index in [1.807, 2.05) is 0 Å². The van der Waals surface area contributed by atoms with Gasteiger partial charge >= 0.3 is 0 Å². The summed E-state index contributed by atoms with van der Waals surface area (Å²) < 4.78 is 12.5. The van der Waals surface area contributed by atoms with E-state index in [1.54, 1.807) is 13.8 Å². The summed E-state index contributed by atoms with van der Waals surface area (Å²) in [5.74, 6) is -1.56. The van der Waals surface area contributed by atoms with E-state index in [-0.39, 0.29) is 43.8 Å². The Morgan fingerprint density at radius 3 is 2.30 bits per heavy atom. The van der Waals surface area contributed by atoms with Gasteiger partial charge in [-0.15, -0.1) is 0 Å². The summed E-state index contributed by atoms with van der Waals surface area (Å²) in [6.07, 6.45) is 3.97. The van der Waals surface area contributed by atoms with E-state index in [0.717, 1.165) is 32.1 Å². The Labute approximate surface area is 178 Å². The average molecular weight is 449 g/mol.